The molecule has 1 aliphatic heterocycles. The van der Waals surface area contributed by atoms with Gasteiger partial charge in [0.05, 0.1) is 11.9 Å². The van der Waals surface area contributed by atoms with Crippen LogP contribution >= 0.6 is 0 Å². The summed E-state index contributed by atoms with van der Waals surface area (Å²) in [5.74, 6) is -0.293. The number of hydrogen-bond donors (Lipinski definition) is 2. The van der Waals surface area contributed by atoms with Gasteiger partial charge in [-0.1, -0.05) is 0 Å². The number of nitrogens with zero attached hydrogens (tertiary/aromatic N) is 1. The molecule has 1 atom stereocenters. The van der Waals surface area contributed by atoms with Crippen molar-refractivity contribution in [1.29, 1.82) is 0 Å². The SMILES string of the molecule is CS(=O)(=O)N1CCCC1C(=O)NCC1(O)CCC1. The van der Waals surface area contributed by atoms with E-state index < -0.39 is 21.7 Å². The predicted octanol–water partition coefficient (Wildman–Crippen LogP) is -0.558. The molecule has 2 N–H and O–H groups in total. The van der Waals surface area contributed by atoms with Crippen molar-refractivity contribution in [3.05, 3.63) is 0 Å². The van der Waals surface area contributed by atoms with Crippen LogP contribution in [-0.4, -0.2) is 54.7 Å². The zero-order valence-electron chi connectivity index (χ0n) is 10.6. The fourth-order valence-electron chi connectivity index (χ4n) is 2.53. The molecular formula is C11H20N2O4S. The number of sulfonamides is 1. The molecule has 2 aliphatic rings. The first-order valence-electron chi connectivity index (χ1n) is 6.29. The van der Waals surface area contributed by atoms with Crippen LogP contribution in [0.1, 0.15) is 32.1 Å². The summed E-state index contributed by atoms with van der Waals surface area (Å²) in [4.78, 5) is 12.0. The minimum absolute atomic E-state index is 0.222. The van der Waals surface area contributed by atoms with Gasteiger partial charge in [-0.05, 0) is 32.1 Å². The van der Waals surface area contributed by atoms with E-state index in [1.165, 1.54) is 4.31 Å². The minimum Gasteiger partial charge on any atom is -0.388 e. The van der Waals surface area contributed by atoms with Gasteiger partial charge in [0.15, 0.2) is 0 Å². The van der Waals surface area contributed by atoms with Crippen LogP contribution in [0.4, 0.5) is 0 Å². The zero-order valence-corrected chi connectivity index (χ0v) is 11.4. The highest BCUT2D eigenvalue weighted by atomic mass is 32.2. The molecular weight excluding hydrogens is 256 g/mol. The lowest BCUT2D eigenvalue weighted by molar-refractivity contribution is -0.126. The Morgan fingerprint density at radius 2 is 2.11 bits per heavy atom. The molecule has 1 aliphatic carbocycles. The Morgan fingerprint density at radius 1 is 1.44 bits per heavy atom. The molecule has 6 nitrogen and oxygen atoms in total. The quantitative estimate of drug-likeness (QED) is 0.721. The highest BCUT2D eigenvalue weighted by Gasteiger charge is 2.39. The third-order valence-corrected chi connectivity index (χ3v) is 5.10. The predicted molar refractivity (Wildman–Crippen MR) is 66.4 cm³/mol. The Labute approximate surface area is 107 Å². The molecule has 2 fully saturated rings. The third kappa shape index (κ3) is 2.84. The van der Waals surface area contributed by atoms with Gasteiger partial charge in [-0.15, -0.1) is 0 Å². The first-order valence-corrected chi connectivity index (χ1v) is 8.14. The van der Waals surface area contributed by atoms with Gasteiger partial charge in [-0.2, -0.15) is 4.31 Å². The zero-order chi connectivity index (χ0) is 13.4. The van der Waals surface area contributed by atoms with E-state index in [0.29, 0.717) is 32.2 Å². The van der Waals surface area contributed by atoms with Gasteiger partial charge in [0, 0.05) is 13.1 Å². The second-order valence-electron chi connectivity index (χ2n) is 5.33. The lowest BCUT2D eigenvalue weighted by Gasteiger charge is -2.37. The highest BCUT2D eigenvalue weighted by Crippen LogP contribution is 2.30. The number of hydrogen-bond acceptors (Lipinski definition) is 4. The Kier molecular flexibility index (Phi) is 3.66. The molecule has 104 valence electrons. The van der Waals surface area contributed by atoms with Crippen molar-refractivity contribution in [1.82, 2.24) is 9.62 Å². The molecule has 1 unspecified atom stereocenters. The van der Waals surface area contributed by atoms with Gasteiger partial charge in [0.1, 0.15) is 6.04 Å². The number of nitrogens with one attached hydrogen (secondary N) is 1. The number of rotatable bonds is 4. The average molecular weight is 276 g/mol. The molecule has 1 amide bonds. The summed E-state index contributed by atoms with van der Waals surface area (Å²) in [5.41, 5.74) is -0.774. The van der Waals surface area contributed by atoms with E-state index in [2.05, 4.69) is 5.32 Å². The molecule has 1 saturated carbocycles. The summed E-state index contributed by atoms with van der Waals surface area (Å²) in [5, 5.41) is 12.6. The molecule has 0 aromatic heterocycles. The molecule has 0 spiro atoms. The Hall–Kier alpha value is -0.660. The van der Waals surface area contributed by atoms with Gasteiger partial charge >= 0.3 is 0 Å². The van der Waals surface area contributed by atoms with E-state index in [1.54, 1.807) is 0 Å². The van der Waals surface area contributed by atoms with Gasteiger partial charge < -0.3 is 10.4 Å². The monoisotopic (exact) mass is 276 g/mol. The lowest BCUT2D eigenvalue weighted by Crippen LogP contribution is -2.52. The normalized spacial score (nSPS) is 27.8. The van der Waals surface area contributed by atoms with Crippen LogP contribution in [-0.2, 0) is 14.8 Å². The first-order chi connectivity index (χ1) is 8.32. The maximum absolute atomic E-state index is 12.0. The molecule has 0 bridgehead atoms. The van der Waals surface area contributed by atoms with E-state index >= 15 is 0 Å². The molecule has 1 saturated heterocycles. The van der Waals surface area contributed by atoms with Crippen LogP contribution in [0.2, 0.25) is 0 Å². The van der Waals surface area contributed by atoms with Crippen molar-refractivity contribution >= 4 is 15.9 Å². The second kappa shape index (κ2) is 4.79. The fraction of sp³-hybridized carbons (Fsp3) is 0.909. The fourth-order valence-corrected chi connectivity index (χ4v) is 3.65. The van der Waals surface area contributed by atoms with Crippen molar-refractivity contribution in [2.24, 2.45) is 0 Å². The van der Waals surface area contributed by atoms with E-state index in [-0.39, 0.29) is 12.5 Å². The summed E-state index contributed by atoms with van der Waals surface area (Å²) >= 11 is 0. The summed E-state index contributed by atoms with van der Waals surface area (Å²) in [6, 6.07) is -0.608. The van der Waals surface area contributed by atoms with Crippen molar-refractivity contribution < 1.29 is 18.3 Å². The molecule has 18 heavy (non-hydrogen) atoms. The van der Waals surface area contributed by atoms with Crippen molar-refractivity contribution in [3.63, 3.8) is 0 Å². The van der Waals surface area contributed by atoms with Crippen LogP contribution in [0.3, 0.4) is 0 Å². The van der Waals surface area contributed by atoms with Gasteiger partial charge in [0.25, 0.3) is 0 Å². The van der Waals surface area contributed by atoms with E-state index in [9.17, 15) is 18.3 Å². The van der Waals surface area contributed by atoms with Crippen LogP contribution in [0.5, 0.6) is 0 Å². The van der Waals surface area contributed by atoms with Crippen molar-refractivity contribution in [3.8, 4) is 0 Å². The largest absolute Gasteiger partial charge is 0.388 e. The summed E-state index contributed by atoms with van der Waals surface area (Å²) in [6.07, 6.45) is 4.76. The number of aliphatic hydroxyl groups is 1. The van der Waals surface area contributed by atoms with E-state index in [0.717, 1.165) is 12.7 Å². The summed E-state index contributed by atoms with van der Waals surface area (Å²) in [7, 11) is -3.33. The van der Waals surface area contributed by atoms with Crippen LogP contribution in [0.25, 0.3) is 0 Å². The second-order valence-corrected chi connectivity index (χ2v) is 7.26. The highest BCUT2D eigenvalue weighted by molar-refractivity contribution is 7.88. The summed E-state index contributed by atoms with van der Waals surface area (Å²) < 4.78 is 24.3. The number of carbonyl (C=O) groups is 1. The average Bonchev–Trinajstić information content (AvgIpc) is 2.71. The Balaban J connectivity index is 1.92. The van der Waals surface area contributed by atoms with Crippen LogP contribution < -0.4 is 5.32 Å². The standard InChI is InChI=1S/C11H20N2O4S/c1-18(16,17)13-7-2-4-9(13)10(14)12-8-11(15)5-3-6-11/h9,15H,2-8H2,1H3,(H,12,14). The molecule has 1 heterocycles. The molecule has 0 aromatic rings. The smallest absolute Gasteiger partial charge is 0.238 e. The van der Waals surface area contributed by atoms with E-state index in [1.807, 2.05) is 0 Å². The maximum Gasteiger partial charge on any atom is 0.238 e. The number of carbonyl (C=O) groups excluding carboxylic acids is 1. The van der Waals surface area contributed by atoms with Crippen LogP contribution in [0.15, 0.2) is 0 Å². The van der Waals surface area contributed by atoms with Gasteiger partial charge in [0.2, 0.25) is 15.9 Å². The van der Waals surface area contributed by atoms with Crippen molar-refractivity contribution in [2.75, 3.05) is 19.3 Å². The van der Waals surface area contributed by atoms with Gasteiger partial charge in [-0.3, -0.25) is 4.79 Å². The third-order valence-electron chi connectivity index (χ3n) is 3.81. The Bertz CT molecular complexity index is 430. The molecule has 2 rings (SSSR count). The van der Waals surface area contributed by atoms with Crippen LogP contribution in [0, 0.1) is 0 Å². The maximum atomic E-state index is 12.0. The van der Waals surface area contributed by atoms with E-state index in [4.69, 9.17) is 0 Å². The summed E-state index contributed by atoms with van der Waals surface area (Å²) in [6.45, 7) is 0.626. The van der Waals surface area contributed by atoms with Crippen molar-refractivity contribution in [2.45, 2.75) is 43.7 Å². The number of amides is 1. The molecule has 0 radical (unpaired) electrons. The molecule has 7 heteroatoms. The minimum atomic E-state index is -3.33. The van der Waals surface area contributed by atoms with Gasteiger partial charge in [-0.25, -0.2) is 8.42 Å². The Morgan fingerprint density at radius 3 is 2.61 bits per heavy atom. The lowest BCUT2D eigenvalue weighted by atomic mass is 9.80. The molecule has 0 aromatic carbocycles. The first kappa shape index (κ1) is 13.8. The topological polar surface area (TPSA) is 86.7 Å².